The number of nitrogens with one attached hydrogen (secondary N) is 1. The molecule has 2 aromatic carbocycles. The molecule has 28 heavy (non-hydrogen) atoms. The molecule has 1 N–H and O–H groups in total. The zero-order valence-electron chi connectivity index (χ0n) is 15.0. The van der Waals surface area contributed by atoms with Gasteiger partial charge in [0.05, 0.1) is 6.54 Å². The van der Waals surface area contributed by atoms with Crippen molar-refractivity contribution in [3.63, 3.8) is 0 Å². The number of aromatic nitrogens is 1. The van der Waals surface area contributed by atoms with Crippen LogP contribution in [-0.2, 0) is 0 Å². The van der Waals surface area contributed by atoms with Crippen molar-refractivity contribution in [2.75, 3.05) is 20.2 Å². The summed E-state index contributed by atoms with van der Waals surface area (Å²) in [5.74, 6) is 1.04. The molecule has 0 bridgehead atoms. The molecule has 4 rings (SSSR count). The van der Waals surface area contributed by atoms with E-state index in [1.807, 2.05) is 24.3 Å². The third-order valence-corrected chi connectivity index (χ3v) is 4.46. The highest BCUT2D eigenvalue weighted by Crippen LogP contribution is 2.31. The number of carbonyl (C=O) groups excluding carboxylic acids is 1. The molecule has 6 nitrogen and oxygen atoms in total. The Balaban J connectivity index is 1.48. The van der Waals surface area contributed by atoms with E-state index in [2.05, 4.69) is 9.72 Å². The van der Waals surface area contributed by atoms with Gasteiger partial charge in [0.1, 0.15) is 18.1 Å². The van der Waals surface area contributed by atoms with Crippen molar-refractivity contribution < 1.29 is 27.8 Å². The van der Waals surface area contributed by atoms with Crippen molar-refractivity contribution in [1.29, 1.82) is 0 Å². The van der Waals surface area contributed by atoms with Gasteiger partial charge in [-0.25, -0.2) is 0 Å². The number of benzene rings is 2. The Bertz CT molecular complexity index is 1000. The molecule has 146 valence electrons. The molecule has 1 unspecified atom stereocenters. The largest absolute Gasteiger partial charge is 0.486 e. The first-order valence-corrected chi connectivity index (χ1v) is 8.72. The van der Waals surface area contributed by atoms with Crippen LogP contribution in [0.25, 0.3) is 10.9 Å². The van der Waals surface area contributed by atoms with Crippen LogP contribution >= 0.6 is 0 Å². The maximum absolute atomic E-state index is 12.8. The number of carbonyl (C=O) groups is 1. The van der Waals surface area contributed by atoms with Crippen molar-refractivity contribution >= 4 is 16.8 Å². The van der Waals surface area contributed by atoms with Gasteiger partial charge in [-0.2, -0.15) is 8.78 Å². The first kappa shape index (κ1) is 18.1. The molecule has 1 aliphatic rings. The van der Waals surface area contributed by atoms with Gasteiger partial charge in [0.15, 0.2) is 17.6 Å². The summed E-state index contributed by atoms with van der Waals surface area (Å²) >= 11 is 0. The minimum atomic E-state index is -2.94. The Morgan fingerprint density at radius 1 is 1.25 bits per heavy atom. The van der Waals surface area contributed by atoms with Crippen LogP contribution < -0.4 is 14.2 Å². The van der Waals surface area contributed by atoms with Gasteiger partial charge in [0.2, 0.25) is 0 Å². The van der Waals surface area contributed by atoms with E-state index < -0.39 is 6.61 Å². The molecule has 0 saturated carbocycles. The molecular weight excluding hydrogens is 370 g/mol. The average molecular weight is 388 g/mol. The van der Waals surface area contributed by atoms with Crippen molar-refractivity contribution in [2.45, 2.75) is 12.7 Å². The highest BCUT2D eigenvalue weighted by molar-refractivity contribution is 5.99. The Morgan fingerprint density at radius 3 is 2.82 bits per heavy atom. The van der Waals surface area contributed by atoms with E-state index in [-0.39, 0.29) is 23.5 Å². The molecule has 1 atom stereocenters. The number of halogens is 2. The maximum Gasteiger partial charge on any atom is 0.387 e. The van der Waals surface area contributed by atoms with Crippen LogP contribution in [0, 0.1) is 0 Å². The molecule has 1 amide bonds. The second kappa shape index (κ2) is 7.38. The molecule has 8 heteroatoms. The number of aromatic amines is 1. The fraction of sp³-hybridized carbons (Fsp3) is 0.250. The summed E-state index contributed by atoms with van der Waals surface area (Å²) in [6, 6.07) is 13.6. The number of H-pyrrole nitrogens is 1. The number of nitrogens with zero attached hydrogens (tertiary/aromatic N) is 1. The smallest absolute Gasteiger partial charge is 0.387 e. The normalized spacial score (nSPS) is 15.6. The minimum Gasteiger partial charge on any atom is -0.486 e. The lowest BCUT2D eigenvalue weighted by Crippen LogP contribution is -2.41. The molecule has 1 aromatic heterocycles. The van der Waals surface area contributed by atoms with Crippen molar-refractivity contribution in [3.8, 4) is 17.2 Å². The number of alkyl halides is 2. The van der Waals surface area contributed by atoms with Gasteiger partial charge in [-0.1, -0.05) is 18.2 Å². The zero-order valence-corrected chi connectivity index (χ0v) is 15.0. The third kappa shape index (κ3) is 3.58. The summed E-state index contributed by atoms with van der Waals surface area (Å²) in [5.41, 5.74) is 0.820. The molecule has 3 aromatic rings. The highest BCUT2D eigenvalue weighted by atomic mass is 19.3. The highest BCUT2D eigenvalue weighted by Gasteiger charge is 2.25. The van der Waals surface area contributed by atoms with Crippen LogP contribution in [0.4, 0.5) is 8.78 Å². The number of para-hydroxylation sites is 2. The number of hydrogen-bond acceptors (Lipinski definition) is 4. The Kier molecular flexibility index (Phi) is 4.77. The summed E-state index contributed by atoms with van der Waals surface area (Å²) in [6.45, 7) is -2.30. The first-order chi connectivity index (χ1) is 13.5. The van der Waals surface area contributed by atoms with Gasteiger partial charge >= 0.3 is 6.61 Å². The molecule has 0 saturated heterocycles. The molecule has 1 aliphatic heterocycles. The number of ether oxygens (including phenoxy) is 3. The summed E-state index contributed by atoms with van der Waals surface area (Å²) < 4.78 is 41.2. The average Bonchev–Trinajstić information content (AvgIpc) is 3.12. The standard InChI is InChI=1S/C20H18F2N2O4/c1-24(10-12-11-26-17-6-2-3-7-18(17)27-12)19(25)15-9-13-14(23-15)5-4-8-16(13)28-20(21)22/h2-9,12,20,23H,10-11H2,1H3. The number of likely N-dealkylation sites (N-methyl/N-ethyl adjacent to an activating group) is 1. The lowest BCUT2D eigenvalue weighted by atomic mass is 10.2. The predicted octanol–water partition coefficient (Wildman–Crippen LogP) is 3.68. The number of hydrogen-bond donors (Lipinski definition) is 1. The van der Waals surface area contributed by atoms with Gasteiger partial charge in [0, 0.05) is 18.0 Å². The van der Waals surface area contributed by atoms with Crippen LogP contribution in [-0.4, -0.2) is 48.7 Å². The van der Waals surface area contributed by atoms with Crippen LogP contribution in [0.3, 0.4) is 0 Å². The first-order valence-electron chi connectivity index (χ1n) is 8.72. The Hall–Kier alpha value is -3.29. The van der Waals surface area contributed by atoms with E-state index in [1.54, 1.807) is 19.2 Å². The molecule has 0 fully saturated rings. The second-order valence-corrected chi connectivity index (χ2v) is 6.46. The number of amides is 1. The van der Waals surface area contributed by atoms with Gasteiger partial charge in [-0.15, -0.1) is 0 Å². The van der Waals surface area contributed by atoms with Crippen LogP contribution in [0.2, 0.25) is 0 Å². The van der Waals surface area contributed by atoms with Crippen LogP contribution in [0.5, 0.6) is 17.2 Å². The fourth-order valence-corrected chi connectivity index (χ4v) is 3.19. The minimum absolute atomic E-state index is 0.0195. The lowest BCUT2D eigenvalue weighted by Gasteiger charge is -2.29. The quantitative estimate of drug-likeness (QED) is 0.724. The van der Waals surface area contributed by atoms with E-state index in [0.29, 0.717) is 35.6 Å². The van der Waals surface area contributed by atoms with Gasteiger partial charge in [0.25, 0.3) is 5.91 Å². The summed E-state index contributed by atoms with van der Waals surface area (Å²) in [5, 5.41) is 0.422. The summed E-state index contributed by atoms with van der Waals surface area (Å²) in [6.07, 6.45) is -0.314. The van der Waals surface area contributed by atoms with Crippen molar-refractivity contribution in [2.24, 2.45) is 0 Å². The van der Waals surface area contributed by atoms with E-state index >= 15 is 0 Å². The Labute approximate surface area is 159 Å². The van der Waals surface area contributed by atoms with Crippen molar-refractivity contribution in [3.05, 3.63) is 54.2 Å². The van der Waals surface area contributed by atoms with Gasteiger partial charge in [-0.05, 0) is 30.3 Å². The second-order valence-electron chi connectivity index (χ2n) is 6.46. The monoisotopic (exact) mass is 388 g/mol. The Morgan fingerprint density at radius 2 is 2.04 bits per heavy atom. The molecule has 0 aliphatic carbocycles. The fourth-order valence-electron chi connectivity index (χ4n) is 3.19. The molecule has 0 radical (unpaired) electrons. The number of rotatable bonds is 5. The van der Waals surface area contributed by atoms with E-state index in [9.17, 15) is 13.6 Å². The SMILES string of the molecule is CN(CC1COc2ccccc2O1)C(=O)c1cc2c(OC(F)F)cccc2[nH]1. The van der Waals surface area contributed by atoms with E-state index in [1.165, 1.54) is 17.0 Å². The van der Waals surface area contributed by atoms with Gasteiger partial charge in [-0.3, -0.25) is 4.79 Å². The molecule has 2 heterocycles. The maximum atomic E-state index is 12.8. The van der Waals surface area contributed by atoms with Crippen LogP contribution in [0.15, 0.2) is 48.5 Å². The summed E-state index contributed by atoms with van der Waals surface area (Å²) in [7, 11) is 1.65. The van der Waals surface area contributed by atoms with Gasteiger partial charge < -0.3 is 24.1 Å². The molecule has 0 spiro atoms. The summed E-state index contributed by atoms with van der Waals surface area (Å²) in [4.78, 5) is 17.2. The lowest BCUT2D eigenvalue weighted by molar-refractivity contribution is -0.0487. The van der Waals surface area contributed by atoms with E-state index in [4.69, 9.17) is 9.47 Å². The number of fused-ring (bicyclic) bond motifs is 2. The van der Waals surface area contributed by atoms with Crippen molar-refractivity contribution in [1.82, 2.24) is 9.88 Å². The zero-order chi connectivity index (χ0) is 19.7. The van der Waals surface area contributed by atoms with Crippen LogP contribution in [0.1, 0.15) is 10.5 Å². The van der Waals surface area contributed by atoms with E-state index in [0.717, 1.165) is 0 Å². The molecular formula is C20H18F2N2O4. The predicted molar refractivity (Wildman–Crippen MR) is 98.2 cm³/mol. The topological polar surface area (TPSA) is 63.8 Å². The third-order valence-electron chi connectivity index (χ3n) is 4.46.